The predicted molar refractivity (Wildman–Crippen MR) is 93.4 cm³/mol. The molecule has 1 aliphatic heterocycles. The standard InChI is InChI=1S/C17H16Cl2N4O/c1-8-5-13-15(14(24)6-8)16(11-4-3-10(18)7-12(11)19)23-17(21-13)20-9(2)22-23/h3-4,7-8,16H,5-6H2,1-2H3,(H,20,21,22)/t8-,16-/m1/s1. The molecule has 0 fully saturated rings. The van der Waals surface area contributed by atoms with Crippen LogP contribution in [0.2, 0.25) is 10.0 Å². The summed E-state index contributed by atoms with van der Waals surface area (Å²) in [7, 11) is 0. The lowest BCUT2D eigenvalue weighted by Crippen LogP contribution is -2.33. The molecule has 0 radical (unpaired) electrons. The first-order chi connectivity index (χ1) is 11.4. The summed E-state index contributed by atoms with van der Waals surface area (Å²) in [6.07, 6.45) is 1.35. The van der Waals surface area contributed by atoms with Crippen LogP contribution >= 0.6 is 23.2 Å². The largest absolute Gasteiger partial charge is 0.328 e. The SMILES string of the molecule is Cc1nc2n(n1)[C@H](c1ccc(Cl)cc1Cl)C1=C(C[C@@H](C)CC1=O)N2. The van der Waals surface area contributed by atoms with E-state index in [1.165, 1.54) is 0 Å². The Morgan fingerprint density at radius 1 is 1.29 bits per heavy atom. The average Bonchev–Trinajstić information content (AvgIpc) is 2.85. The maximum Gasteiger partial charge on any atom is 0.226 e. The minimum atomic E-state index is -0.373. The molecule has 4 rings (SSSR count). The Bertz CT molecular complexity index is 887. The fraction of sp³-hybridized carbons (Fsp3) is 0.353. The molecule has 1 aromatic carbocycles. The fourth-order valence-corrected chi connectivity index (χ4v) is 4.04. The number of nitrogens with one attached hydrogen (secondary N) is 1. The van der Waals surface area contributed by atoms with Gasteiger partial charge in [-0.05, 0) is 31.4 Å². The van der Waals surface area contributed by atoms with Gasteiger partial charge < -0.3 is 5.32 Å². The number of hydrogen-bond acceptors (Lipinski definition) is 4. The van der Waals surface area contributed by atoms with Crippen LogP contribution in [-0.2, 0) is 4.79 Å². The Morgan fingerprint density at radius 3 is 2.83 bits per heavy atom. The van der Waals surface area contributed by atoms with Gasteiger partial charge in [-0.3, -0.25) is 4.79 Å². The molecule has 0 saturated heterocycles. The summed E-state index contributed by atoms with van der Waals surface area (Å²) in [6.45, 7) is 3.91. The molecule has 2 aliphatic rings. The highest BCUT2D eigenvalue weighted by molar-refractivity contribution is 6.35. The van der Waals surface area contributed by atoms with Crippen molar-refractivity contribution in [2.75, 3.05) is 5.32 Å². The summed E-state index contributed by atoms with van der Waals surface area (Å²) in [5.74, 6) is 1.73. The molecule has 7 heteroatoms. The van der Waals surface area contributed by atoms with Crippen LogP contribution in [0.5, 0.6) is 0 Å². The number of allylic oxidation sites excluding steroid dienone is 2. The Hall–Kier alpha value is -1.85. The Kier molecular flexibility index (Phi) is 3.66. The highest BCUT2D eigenvalue weighted by Gasteiger charge is 2.39. The number of aryl methyl sites for hydroxylation is 1. The van der Waals surface area contributed by atoms with Gasteiger partial charge >= 0.3 is 0 Å². The zero-order valence-electron chi connectivity index (χ0n) is 13.3. The van der Waals surface area contributed by atoms with E-state index in [2.05, 4.69) is 22.3 Å². The monoisotopic (exact) mass is 362 g/mol. The van der Waals surface area contributed by atoms with E-state index in [1.54, 1.807) is 16.8 Å². The van der Waals surface area contributed by atoms with Crippen LogP contribution in [0.15, 0.2) is 29.5 Å². The van der Waals surface area contributed by atoms with Crippen LogP contribution < -0.4 is 5.32 Å². The summed E-state index contributed by atoms with van der Waals surface area (Å²) < 4.78 is 1.75. The van der Waals surface area contributed by atoms with Crippen molar-refractivity contribution in [3.05, 3.63) is 50.9 Å². The van der Waals surface area contributed by atoms with Gasteiger partial charge in [-0.2, -0.15) is 10.1 Å². The van der Waals surface area contributed by atoms with Crippen molar-refractivity contribution in [2.24, 2.45) is 5.92 Å². The van der Waals surface area contributed by atoms with Crippen molar-refractivity contribution in [1.82, 2.24) is 14.8 Å². The van der Waals surface area contributed by atoms with E-state index in [-0.39, 0.29) is 11.8 Å². The van der Waals surface area contributed by atoms with Crippen LogP contribution in [0, 0.1) is 12.8 Å². The second-order valence-electron chi connectivity index (χ2n) is 6.45. The quantitative estimate of drug-likeness (QED) is 0.827. The number of benzene rings is 1. The van der Waals surface area contributed by atoms with Crippen LogP contribution in [-0.4, -0.2) is 20.5 Å². The summed E-state index contributed by atoms with van der Waals surface area (Å²) >= 11 is 12.5. The Labute approximate surface area is 149 Å². The van der Waals surface area contributed by atoms with Crippen molar-refractivity contribution in [1.29, 1.82) is 0 Å². The lowest BCUT2D eigenvalue weighted by Gasteiger charge is -2.34. The van der Waals surface area contributed by atoms with Crippen molar-refractivity contribution < 1.29 is 4.79 Å². The first kappa shape index (κ1) is 15.7. The number of aromatic nitrogens is 3. The van der Waals surface area contributed by atoms with E-state index >= 15 is 0 Å². The molecular formula is C17H16Cl2N4O. The molecule has 1 aliphatic carbocycles. The number of fused-ring (bicyclic) bond motifs is 1. The number of rotatable bonds is 1. The molecule has 24 heavy (non-hydrogen) atoms. The second kappa shape index (κ2) is 5.60. The van der Waals surface area contributed by atoms with Crippen LogP contribution in [0.3, 0.4) is 0 Å². The Morgan fingerprint density at radius 2 is 2.08 bits per heavy atom. The number of carbonyl (C=O) groups is 1. The summed E-state index contributed by atoms with van der Waals surface area (Å²) in [6, 6.07) is 4.96. The number of ketones is 1. The number of Topliss-reactive ketones (excluding diaryl/α,β-unsaturated/α-hetero) is 1. The van der Waals surface area contributed by atoms with E-state index in [4.69, 9.17) is 23.2 Å². The molecule has 1 N–H and O–H groups in total. The third-order valence-corrected chi connectivity index (χ3v) is 5.05. The molecule has 2 heterocycles. The lowest BCUT2D eigenvalue weighted by atomic mass is 9.81. The maximum atomic E-state index is 12.8. The third kappa shape index (κ3) is 2.43. The van der Waals surface area contributed by atoms with E-state index in [9.17, 15) is 4.79 Å². The molecule has 2 aromatic rings. The number of hydrogen-bond donors (Lipinski definition) is 1. The zero-order chi connectivity index (χ0) is 17.0. The maximum absolute atomic E-state index is 12.8. The van der Waals surface area contributed by atoms with Gasteiger partial charge in [0.15, 0.2) is 5.78 Å². The molecule has 0 saturated carbocycles. The summed E-state index contributed by atoms with van der Waals surface area (Å²) in [5.41, 5.74) is 2.47. The Balaban J connectivity index is 1.95. The second-order valence-corrected chi connectivity index (χ2v) is 7.29. The van der Waals surface area contributed by atoms with Gasteiger partial charge in [0.2, 0.25) is 5.95 Å². The summed E-state index contributed by atoms with van der Waals surface area (Å²) in [5, 5.41) is 8.85. The molecule has 5 nitrogen and oxygen atoms in total. The van der Waals surface area contributed by atoms with Crippen molar-refractivity contribution in [3.63, 3.8) is 0 Å². The molecule has 0 spiro atoms. The normalized spacial score (nSPS) is 22.9. The molecule has 2 atom stereocenters. The number of carbonyl (C=O) groups excluding carboxylic acids is 1. The number of nitrogens with zero attached hydrogens (tertiary/aromatic N) is 3. The molecule has 0 amide bonds. The van der Waals surface area contributed by atoms with Gasteiger partial charge in [-0.25, -0.2) is 4.68 Å². The van der Waals surface area contributed by atoms with Gasteiger partial charge in [-0.1, -0.05) is 36.2 Å². The van der Waals surface area contributed by atoms with E-state index in [0.29, 0.717) is 34.2 Å². The van der Waals surface area contributed by atoms with Crippen LogP contribution in [0.4, 0.5) is 5.95 Å². The topological polar surface area (TPSA) is 59.8 Å². The number of halogens is 2. The molecular weight excluding hydrogens is 347 g/mol. The van der Waals surface area contributed by atoms with Crippen LogP contribution in [0.25, 0.3) is 0 Å². The molecule has 0 unspecified atom stereocenters. The highest BCUT2D eigenvalue weighted by atomic mass is 35.5. The molecule has 124 valence electrons. The molecule has 1 aromatic heterocycles. The van der Waals surface area contributed by atoms with E-state index < -0.39 is 0 Å². The lowest BCUT2D eigenvalue weighted by molar-refractivity contribution is -0.117. The van der Waals surface area contributed by atoms with Gasteiger partial charge in [-0.15, -0.1) is 0 Å². The number of anilines is 1. The highest BCUT2D eigenvalue weighted by Crippen LogP contribution is 2.43. The van der Waals surface area contributed by atoms with Gasteiger partial charge in [0.25, 0.3) is 0 Å². The predicted octanol–water partition coefficient (Wildman–Crippen LogP) is 4.16. The van der Waals surface area contributed by atoms with Gasteiger partial charge in [0, 0.05) is 33.3 Å². The third-order valence-electron chi connectivity index (χ3n) is 4.49. The van der Waals surface area contributed by atoms with E-state index in [0.717, 1.165) is 23.3 Å². The van der Waals surface area contributed by atoms with Gasteiger partial charge in [0.1, 0.15) is 11.9 Å². The summed E-state index contributed by atoms with van der Waals surface area (Å²) in [4.78, 5) is 17.2. The van der Waals surface area contributed by atoms with Crippen molar-refractivity contribution in [3.8, 4) is 0 Å². The zero-order valence-corrected chi connectivity index (χ0v) is 14.8. The first-order valence-electron chi connectivity index (χ1n) is 7.85. The average molecular weight is 363 g/mol. The molecule has 0 bridgehead atoms. The van der Waals surface area contributed by atoms with Crippen molar-refractivity contribution in [2.45, 2.75) is 32.7 Å². The van der Waals surface area contributed by atoms with Crippen molar-refractivity contribution >= 4 is 34.9 Å². The minimum Gasteiger partial charge on any atom is -0.328 e. The first-order valence-corrected chi connectivity index (χ1v) is 8.61. The smallest absolute Gasteiger partial charge is 0.226 e. The fourth-order valence-electron chi connectivity index (χ4n) is 3.52. The van der Waals surface area contributed by atoms with Crippen LogP contribution in [0.1, 0.15) is 37.2 Å². The minimum absolute atomic E-state index is 0.131. The van der Waals surface area contributed by atoms with Gasteiger partial charge in [0.05, 0.1) is 0 Å². The van der Waals surface area contributed by atoms with E-state index in [1.807, 2.05) is 13.0 Å².